The van der Waals surface area contributed by atoms with Gasteiger partial charge in [0.05, 0.1) is 12.1 Å². The van der Waals surface area contributed by atoms with Crippen molar-refractivity contribution in [3.05, 3.63) is 71.4 Å². The van der Waals surface area contributed by atoms with Crippen molar-refractivity contribution < 1.29 is 28.0 Å². The minimum absolute atomic E-state index is 0.0319. The molecule has 5 rings (SSSR count). The highest BCUT2D eigenvalue weighted by molar-refractivity contribution is 6.16. The number of nitrogens with one attached hydrogen (secondary N) is 2. The van der Waals surface area contributed by atoms with Gasteiger partial charge in [0, 0.05) is 30.5 Å². The lowest BCUT2D eigenvalue weighted by Gasteiger charge is -2.33. The molecule has 214 valence electrons. The predicted molar refractivity (Wildman–Crippen MR) is 147 cm³/mol. The van der Waals surface area contributed by atoms with Gasteiger partial charge in [0.1, 0.15) is 35.2 Å². The molecule has 3 atom stereocenters. The van der Waals surface area contributed by atoms with Crippen LogP contribution in [0, 0.1) is 17.6 Å². The lowest BCUT2D eigenvalue weighted by atomic mass is 9.96. The maximum Gasteiger partial charge on any atom is 0.270 e. The Morgan fingerprint density at radius 1 is 1.17 bits per heavy atom. The molecule has 12 heteroatoms. The molecule has 4 amide bonds. The number of likely N-dealkylation sites (N-methyl/N-ethyl adjacent to an activating group) is 1. The van der Waals surface area contributed by atoms with Crippen LogP contribution in [0.2, 0.25) is 0 Å². The lowest BCUT2D eigenvalue weighted by Crippen LogP contribution is -2.54. The highest BCUT2D eigenvalue weighted by Gasteiger charge is 2.56. The van der Waals surface area contributed by atoms with Gasteiger partial charge in [0.15, 0.2) is 5.54 Å². The number of likely N-dealkylation sites (tertiary alicyclic amines) is 1. The zero-order chi connectivity index (χ0) is 29.6. The van der Waals surface area contributed by atoms with Gasteiger partial charge < -0.3 is 25.8 Å². The van der Waals surface area contributed by atoms with Crippen molar-refractivity contribution in [2.75, 3.05) is 13.6 Å². The van der Waals surface area contributed by atoms with Crippen molar-refractivity contribution in [1.82, 2.24) is 20.1 Å². The number of H-pyrrole nitrogens is 1. The summed E-state index contributed by atoms with van der Waals surface area (Å²) >= 11 is 0. The van der Waals surface area contributed by atoms with Gasteiger partial charge in [-0.25, -0.2) is 13.8 Å². The highest BCUT2D eigenvalue weighted by Crippen LogP contribution is 2.35. The first-order valence-electron chi connectivity index (χ1n) is 13.2. The van der Waals surface area contributed by atoms with E-state index in [1.54, 1.807) is 24.3 Å². The number of amides is 4. The molecule has 0 aliphatic carbocycles. The van der Waals surface area contributed by atoms with Crippen LogP contribution in [-0.4, -0.2) is 75.5 Å². The number of carbonyl (C=O) groups is 4. The summed E-state index contributed by atoms with van der Waals surface area (Å²) < 4.78 is 28.0. The van der Waals surface area contributed by atoms with Crippen molar-refractivity contribution >= 4 is 40.4 Å². The molecule has 3 heterocycles. The van der Waals surface area contributed by atoms with Gasteiger partial charge in [-0.05, 0) is 24.5 Å². The molecule has 0 bridgehead atoms. The van der Waals surface area contributed by atoms with E-state index >= 15 is 0 Å². The third-order valence-electron chi connectivity index (χ3n) is 7.63. The number of aliphatic imine (C=N–C) groups is 1. The van der Waals surface area contributed by atoms with Crippen molar-refractivity contribution in [3.63, 3.8) is 0 Å². The van der Waals surface area contributed by atoms with Crippen LogP contribution in [0.25, 0.3) is 10.9 Å². The van der Waals surface area contributed by atoms with Gasteiger partial charge in [-0.3, -0.25) is 19.2 Å². The number of primary amides is 1. The topological polar surface area (TPSA) is 141 Å². The summed E-state index contributed by atoms with van der Waals surface area (Å²) in [5.41, 5.74) is 5.03. The van der Waals surface area contributed by atoms with E-state index in [1.807, 2.05) is 19.9 Å². The van der Waals surface area contributed by atoms with E-state index in [0.29, 0.717) is 11.4 Å². The fourth-order valence-electron chi connectivity index (χ4n) is 5.54. The number of hydrogen-bond donors (Lipinski definition) is 3. The molecular weight excluding hydrogens is 534 g/mol. The van der Waals surface area contributed by atoms with Crippen LogP contribution in [0.4, 0.5) is 8.78 Å². The first-order valence-corrected chi connectivity index (χ1v) is 13.2. The Bertz CT molecular complexity index is 1590. The SMILES string of the molecule is CC(C)CC(C(=O)N1C[C@@]2(C[C@H]1C(N)=O)N=C(c1ccccc1)NC2=O)N(C)C(=O)c1cc2c(F)cc(F)cc2[nH]1. The molecule has 1 aromatic heterocycles. The van der Waals surface area contributed by atoms with E-state index in [2.05, 4.69) is 15.3 Å². The summed E-state index contributed by atoms with van der Waals surface area (Å²) in [6.45, 7) is 3.55. The number of amidine groups is 1. The molecule has 4 N–H and O–H groups in total. The number of fused-ring (bicyclic) bond motifs is 1. The van der Waals surface area contributed by atoms with Crippen molar-refractivity contribution in [2.24, 2.45) is 16.6 Å². The number of aromatic nitrogens is 1. The second-order valence-electron chi connectivity index (χ2n) is 11.0. The Morgan fingerprint density at radius 2 is 1.88 bits per heavy atom. The Hall–Kier alpha value is -4.61. The van der Waals surface area contributed by atoms with E-state index in [0.717, 1.165) is 12.1 Å². The average Bonchev–Trinajstić information content (AvgIpc) is 3.62. The molecule has 2 aliphatic heterocycles. The molecular formula is C29H30F2N6O4. The van der Waals surface area contributed by atoms with Crippen molar-refractivity contribution in [2.45, 2.75) is 44.3 Å². The Kier molecular flexibility index (Phi) is 7.10. The molecule has 2 aliphatic rings. The number of benzene rings is 2. The van der Waals surface area contributed by atoms with Crippen LogP contribution < -0.4 is 11.1 Å². The van der Waals surface area contributed by atoms with Crippen LogP contribution in [0.15, 0.2) is 53.5 Å². The first kappa shape index (κ1) is 27.9. The highest BCUT2D eigenvalue weighted by atomic mass is 19.1. The van der Waals surface area contributed by atoms with E-state index in [9.17, 15) is 28.0 Å². The van der Waals surface area contributed by atoms with E-state index < -0.39 is 52.9 Å². The standard InChI is InChI=1S/C29H30F2N6O4/c1-15(2)9-22(36(3)26(39)21-12-18-19(31)10-17(30)11-20(18)33-21)27(40)37-14-29(13-23(37)24(32)38)28(41)34-25(35-29)16-7-5-4-6-8-16/h4-8,10-12,15,22-23,33H,9,13-14H2,1-3H3,(H2,32,38)(H,34,35,41)/t22?,23-,29+/m0/s1. The molecule has 10 nitrogen and oxygen atoms in total. The summed E-state index contributed by atoms with van der Waals surface area (Å²) in [5.74, 6) is -3.79. The van der Waals surface area contributed by atoms with Gasteiger partial charge in [-0.1, -0.05) is 44.2 Å². The number of nitrogens with zero attached hydrogens (tertiary/aromatic N) is 3. The number of hydrogen-bond acceptors (Lipinski definition) is 5. The van der Waals surface area contributed by atoms with Crippen LogP contribution in [-0.2, 0) is 14.4 Å². The van der Waals surface area contributed by atoms with Crippen LogP contribution in [0.5, 0.6) is 0 Å². The third kappa shape index (κ3) is 5.05. The van der Waals surface area contributed by atoms with Gasteiger partial charge in [0.2, 0.25) is 11.8 Å². The quantitative estimate of drug-likeness (QED) is 0.405. The van der Waals surface area contributed by atoms with Crippen molar-refractivity contribution in [3.8, 4) is 0 Å². The largest absolute Gasteiger partial charge is 0.368 e. The summed E-state index contributed by atoms with van der Waals surface area (Å²) in [6, 6.07) is 9.87. The maximum absolute atomic E-state index is 14.3. The molecule has 0 saturated carbocycles. The number of aromatic amines is 1. The Labute approximate surface area is 234 Å². The molecule has 1 saturated heterocycles. The maximum atomic E-state index is 14.3. The molecule has 1 unspecified atom stereocenters. The van der Waals surface area contributed by atoms with Gasteiger partial charge in [-0.15, -0.1) is 0 Å². The molecule has 1 spiro atoms. The zero-order valence-corrected chi connectivity index (χ0v) is 22.8. The van der Waals surface area contributed by atoms with E-state index in [-0.39, 0.29) is 41.9 Å². The lowest BCUT2D eigenvalue weighted by molar-refractivity contribution is -0.141. The molecule has 2 aromatic carbocycles. The summed E-state index contributed by atoms with van der Waals surface area (Å²) in [7, 11) is 1.43. The average molecular weight is 565 g/mol. The van der Waals surface area contributed by atoms with E-state index in [1.165, 1.54) is 22.9 Å². The summed E-state index contributed by atoms with van der Waals surface area (Å²) in [5, 5.41) is 2.79. The van der Waals surface area contributed by atoms with Crippen LogP contribution in [0.3, 0.4) is 0 Å². The van der Waals surface area contributed by atoms with Crippen LogP contribution in [0.1, 0.15) is 42.7 Å². The predicted octanol–water partition coefficient (Wildman–Crippen LogP) is 2.33. The van der Waals surface area contributed by atoms with Gasteiger partial charge >= 0.3 is 0 Å². The minimum Gasteiger partial charge on any atom is -0.368 e. The van der Waals surface area contributed by atoms with E-state index in [4.69, 9.17) is 5.73 Å². The Morgan fingerprint density at radius 3 is 2.54 bits per heavy atom. The molecule has 41 heavy (non-hydrogen) atoms. The second kappa shape index (κ2) is 10.4. The fourth-order valence-corrected chi connectivity index (χ4v) is 5.54. The third-order valence-corrected chi connectivity index (χ3v) is 7.63. The number of nitrogens with two attached hydrogens (primary N) is 1. The summed E-state index contributed by atoms with van der Waals surface area (Å²) in [4.78, 5) is 63.1. The normalized spacial score (nSPS) is 20.9. The second-order valence-corrected chi connectivity index (χ2v) is 11.0. The molecule has 3 aromatic rings. The molecule has 1 fully saturated rings. The summed E-state index contributed by atoms with van der Waals surface area (Å²) in [6.07, 6.45) is 0.124. The van der Waals surface area contributed by atoms with Crippen LogP contribution >= 0.6 is 0 Å². The van der Waals surface area contributed by atoms with Gasteiger partial charge in [0.25, 0.3) is 11.8 Å². The smallest absolute Gasteiger partial charge is 0.270 e. The number of halogens is 2. The fraction of sp³-hybridized carbons (Fsp3) is 0.345. The molecule has 0 radical (unpaired) electrons. The Balaban J connectivity index is 1.46. The van der Waals surface area contributed by atoms with Crippen molar-refractivity contribution in [1.29, 1.82) is 0 Å². The zero-order valence-electron chi connectivity index (χ0n) is 22.8. The number of carbonyl (C=O) groups excluding carboxylic acids is 4. The first-order chi connectivity index (χ1) is 19.4. The monoisotopic (exact) mass is 564 g/mol. The van der Waals surface area contributed by atoms with Gasteiger partial charge in [-0.2, -0.15) is 0 Å². The number of rotatable bonds is 7. The minimum atomic E-state index is -1.41.